The molecule has 1 spiro atoms. The van der Waals surface area contributed by atoms with Crippen LogP contribution in [0.2, 0.25) is 5.02 Å². The number of ether oxygens (including phenoxy) is 1. The molecule has 41 heavy (non-hydrogen) atoms. The summed E-state index contributed by atoms with van der Waals surface area (Å²) in [6.07, 6.45) is 6.40. The van der Waals surface area contributed by atoms with Crippen molar-refractivity contribution in [2.75, 3.05) is 24.6 Å². The third kappa shape index (κ3) is 5.59. The van der Waals surface area contributed by atoms with Gasteiger partial charge in [-0.25, -0.2) is 13.1 Å². The van der Waals surface area contributed by atoms with E-state index in [1.54, 1.807) is 25.1 Å². The van der Waals surface area contributed by atoms with Crippen molar-refractivity contribution in [2.24, 2.45) is 17.8 Å². The normalized spacial score (nSPS) is 33.4. The minimum atomic E-state index is -3.85. The monoisotopic (exact) mass is 600 g/mol. The molecule has 6 rings (SSSR count). The summed E-state index contributed by atoms with van der Waals surface area (Å²) in [4.78, 5) is 15.6. The Morgan fingerprint density at radius 2 is 1.93 bits per heavy atom. The zero-order valence-electron chi connectivity index (χ0n) is 23.9. The molecule has 2 aliphatic carbocycles. The Morgan fingerprint density at radius 1 is 1.10 bits per heavy atom. The molecule has 2 bridgehead atoms. The summed E-state index contributed by atoms with van der Waals surface area (Å²) in [6, 6.07) is 11.4. The number of aliphatic hydroxyl groups is 1. The van der Waals surface area contributed by atoms with Gasteiger partial charge in [0.15, 0.2) is 0 Å². The highest BCUT2D eigenvalue weighted by Gasteiger charge is 2.44. The lowest BCUT2D eigenvalue weighted by Crippen LogP contribution is -2.49. The van der Waals surface area contributed by atoms with Gasteiger partial charge in [0.1, 0.15) is 5.75 Å². The lowest BCUT2D eigenvalue weighted by Gasteiger charge is -2.46. The molecule has 4 aliphatic rings. The van der Waals surface area contributed by atoms with Crippen LogP contribution in [-0.2, 0) is 21.9 Å². The molecule has 2 heterocycles. The molecule has 222 valence electrons. The first kappa shape index (κ1) is 28.8. The number of anilines is 1. The Morgan fingerprint density at radius 3 is 2.71 bits per heavy atom. The molecule has 1 saturated carbocycles. The lowest BCUT2D eigenvalue weighted by molar-refractivity contribution is 0.00130. The molecule has 1 fully saturated rings. The van der Waals surface area contributed by atoms with Crippen molar-refractivity contribution in [2.45, 2.75) is 82.0 Å². The highest BCUT2D eigenvalue weighted by molar-refractivity contribution is 7.90. The molecule has 0 unspecified atom stereocenters. The third-order valence-electron chi connectivity index (χ3n) is 10.2. The van der Waals surface area contributed by atoms with E-state index in [0.717, 1.165) is 49.4 Å². The molecule has 1 amide bonds. The zero-order chi connectivity index (χ0) is 28.9. The van der Waals surface area contributed by atoms with Gasteiger partial charge in [-0.2, -0.15) is 0 Å². The van der Waals surface area contributed by atoms with E-state index in [1.807, 2.05) is 6.07 Å². The fourth-order valence-electron chi connectivity index (χ4n) is 7.53. The Kier molecular flexibility index (Phi) is 7.79. The third-order valence-corrected chi connectivity index (χ3v) is 12.2. The van der Waals surface area contributed by atoms with E-state index in [2.05, 4.69) is 28.7 Å². The molecule has 6 atom stereocenters. The van der Waals surface area contributed by atoms with E-state index in [9.17, 15) is 18.3 Å². The smallest absolute Gasteiger partial charge is 0.264 e. The quantitative estimate of drug-likeness (QED) is 0.416. The van der Waals surface area contributed by atoms with Crippen LogP contribution in [0, 0.1) is 17.8 Å². The van der Waals surface area contributed by atoms with Crippen molar-refractivity contribution < 1.29 is 23.1 Å². The number of carbonyl (C=O) groups excluding carboxylic acids is 1. The first-order valence-electron chi connectivity index (χ1n) is 15.1. The van der Waals surface area contributed by atoms with Crippen molar-refractivity contribution in [3.05, 3.63) is 58.1 Å². The van der Waals surface area contributed by atoms with Crippen LogP contribution in [0.5, 0.6) is 5.75 Å². The number of nitrogens with one attached hydrogen (secondary N) is 1. The molecule has 2 aromatic rings. The van der Waals surface area contributed by atoms with Crippen molar-refractivity contribution in [1.82, 2.24) is 4.72 Å². The predicted octanol–water partition coefficient (Wildman–Crippen LogP) is 5.47. The summed E-state index contributed by atoms with van der Waals surface area (Å²) < 4.78 is 34.9. The van der Waals surface area contributed by atoms with Crippen LogP contribution in [0.3, 0.4) is 0 Å². The van der Waals surface area contributed by atoms with E-state index in [0.29, 0.717) is 49.6 Å². The molecule has 0 aromatic heterocycles. The highest BCUT2D eigenvalue weighted by atomic mass is 35.5. The van der Waals surface area contributed by atoms with E-state index >= 15 is 0 Å². The van der Waals surface area contributed by atoms with Crippen molar-refractivity contribution in [3.63, 3.8) is 0 Å². The van der Waals surface area contributed by atoms with Crippen LogP contribution in [0.1, 0.15) is 80.3 Å². The first-order chi connectivity index (χ1) is 19.5. The van der Waals surface area contributed by atoms with Gasteiger partial charge >= 0.3 is 0 Å². The number of benzene rings is 2. The minimum Gasteiger partial charge on any atom is -0.490 e. The van der Waals surface area contributed by atoms with E-state index in [4.69, 9.17) is 16.3 Å². The number of hydrogen-bond acceptors (Lipinski definition) is 6. The van der Waals surface area contributed by atoms with Gasteiger partial charge in [-0.15, -0.1) is 0 Å². The average molecular weight is 601 g/mol. The van der Waals surface area contributed by atoms with Crippen LogP contribution in [-0.4, -0.2) is 50.5 Å². The van der Waals surface area contributed by atoms with Crippen molar-refractivity contribution in [3.8, 4) is 5.75 Å². The maximum atomic E-state index is 13.3. The summed E-state index contributed by atoms with van der Waals surface area (Å²) in [7, 11) is -3.85. The van der Waals surface area contributed by atoms with Crippen molar-refractivity contribution in [1.29, 1.82) is 0 Å². The standard InChI is InChI=1S/C32H41ClN2O5S/c1-20-5-6-21(2)41(38,39)34-31(37)23-8-12-30-28(16-23)35(17-24-7-10-26(24)29(36)14-20)18-32(19-40-30)13-3-4-22-15-25(33)9-11-27(22)32/h8-9,11-12,15-16,20-21,24,26,29,36H,3-7,10,13-14,17-19H2,1-2H3,(H,34,37)/t20-,21+,24+,26-,29+,32+/m1/s1. The molecule has 7 nitrogen and oxygen atoms in total. The van der Waals surface area contributed by atoms with Crippen LogP contribution >= 0.6 is 11.6 Å². The van der Waals surface area contributed by atoms with Crippen LogP contribution in [0.4, 0.5) is 5.69 Å². The minimum absolute atomic E-state index is 0.187. The average Bonchev–Trinajstić information content (AvgIpc) is 3.05. The number of rotatable bonds is 0. The Bertz CT molecular complexity index is 1430. The molecular weight excluding hydrogens is 560 g/mol. The molecule has 2 aromatic carbocycles. The van der Waals surface area contributed by atoms with Gasteiger partial charge in [0.25, 0.3) is 5.91 Å². The van der Waals surface area contributed by atoms with Crippen molar-refractivity contribution >= 4 is 33.2 Å². The second-order valence-corrected chi connectivity index (χ2v) is 15.6. The number of aliphatic hydroxyl groups excluding tert-OH is 1. The SMILES string of the molecule is C[C@@H]1CC[C@H](C)S(=O)(=O)NC(=O)c2ccc3c(c2)N(C[C@@H]2CC[C@H]2[C@@H](O)C1)C[C@@]1(CCCc2cc(Cl)ccc21)CO3. The fourth-order valence-corrected chi connectivity index (χ4v) is 8.75. The summed E-state index contributed by atoms with van der Waals surface area (Å²) in [5.74, 6) is 0.805. The lowest BCUT2D eigenvalue weighted by atomic mass is 9.67. The molecule has 2 N–H and O–H groups in total. The van der Waals surface area contributed by atoms with E-state index in [-0.39, 0.29) is 17.3 Å². The van der Waals surface area contributed by atoms with Crippen LogP contribution in [0.15, 0.2) is 36.4 Å². The zero-order valence-corrected chi connectivity index (χ0v) is 25.5. The number of sulfonamides is 1. The molecular formula is C32H41ClN2O5S. The highest BCUT2D eigenvalue weighted by Crippen LogP contribution is 2.47. The fraction of sp³-hybridized carbons (Fsp3) is 0.594. The van der Waals surface area contributed by atoms with Crippen LogP contribution in [0.25, 0.3) is 0 Å². The van der Waals surface area contributed by atoms with Gasteiger partial charge in [-0.1, -0.05) is 24.6 Å². The van der Waals surface area contributed by atoms with E-state index in [1.165, 1.54) is 11.1 Å². The Hall–Kier alpha value is -2.29. The van der Waals surface area contributed by atoms with E-state index < -0.39 is 27.3 Å². The number of nitrogens with zero attached hydrogens (tertiary/aromatic N) is 1. The number of hydrogen-bond donors (Lipinski definition) is 2. The topological polar surface area (TPSA) is 95.9 Å². The predicted molar refractivity (Wildman–Crippen MR) is 161 cm³/mol. The number of amides is 1. The maximum Gasteiger partial charge on any atom is 0.264 e. The summed E-state index contributed by atoms with van der Waals surface area (Å²) >= 11 is 6.39. The van der Waals surface area contributed by atoms with Crippen LogP contribution < -0.4 is 14.4 Å². The van der Waals surface area contributed by atoms with Gasteiger partial charge in [0.2, 0.25) is 10.0 Å². The summed E-state index contributed by atoms with van der Waals surface area (Å²) in [6.45, 7) is 5.70. The summed E-state index contributed by atoms with van der Waals surface area (Å²) in [5, 5.41) is 11.3. The second-order valence-electron chi connectivity index (χ2n) is 13.1. The molecule has 0 radical (unpaired) electrons. The van der Waals surface area contributed by atoms with Gasteiger partial charge in [-0.3, -0.25) is 4.79 Å². The number of carbonyl (C=O) groups is 1. The number of aryl methyl sites for hydroxylation is 1. The largest absolute Gasteiger partial charge is 0.490 e. The van der Waals surface area contributed by atoms with Gasteiger partial charge in [0.05, 0.1) is 23.6 Å². The van der Waals surface area contributed by atoms with Gasteiger partial charge < -0.3 is 14.7 Å². The number of halogens is 1. The van der Waals surface area contributed by atoms with Gasteiger partial charge in [0, 0.05) is 29.1 Å². The second kappa shape index (κ2) is 11.1. The molecule has 0 saturated heterocycles. The first-order valence-corrected chi connectivity index (χ1v) is 17.0. The summed E-state index contributed by atoms with van der Waals surface area (Å²) in [5.41, 5.74) is 3.39. The Labute approximate surface area is 248 Å². The molecule has 9 heteroatoms. The molecule has 2 aliphatic heterocycles. The van der Waals surface area contributed by atoms with Gasteiger partial charge in [-0.05, 0) is 118 Å². The number of fused-ring (bicyclic) bond motifs is 4. The Balaban J connectivity index is 1.41. The maximum absolute atomic E-state index is 13.3.